The Morgan fingerprint density at radius 1 is 0.918 bits per heavy atom. The molecule has 3 amide bonds. The summed E-state index contributed by atoms with van der Waals surface area (Å²) in [4.78, 5) is 56.9. The summed E-state index contributed by atoms with van der Waals surface area (Å²) in [6.45, 7) is 6.87. The maximum atomic E-state index is 14.3. The number of carbonyl (C=O) groups excluding carboxylic acids is 3. The van der Waals surface area contributed by atoms with Crippen LogP contribution in [0.25, 0.3) is 11.0 Å². The van der Waals surface area contributed by atoms with E-state index in [4.69, 9.17) is 16.0 Å². The summed E-state index contributed by atoms with van der Waals surface area (Å²) >= 11 is 6.14. The number of rotatable bonds is 8. The number of likely N-dealkylation sites (tertiary alicyclic amines) is 1. The number of fused-ring (bicyclic) bond motifs is 1. The molecule has 0 radical (unpaired) electrons. The Kier molecular flexibility index (Phi) is 10.5. The fraction of sp³-hybridized carbons (Fsp3) is 0.550. The summed E-state index contributed by atoms with van der Waals surface area (Å²) in [7, 11) is 0. The van der Waals surface area contributed by atoms with Gasteiger partial charge in [0.25, 0.3) is 5.91 Å². The van der Waals surface area contributed by atoms with Crippen molar-refractivity contribution in [3.63, 3.8) is 0 Å². The third kappa shape index (κ3) is 8.06. The van der Waals surface area contributed by atoms with Crippen LogP contribution in [0.15, 0.2) is 57.7 Å². The van der Waals surface area contributed by atoms with Crippen molar-refractivity contribution in [1.82, 2.24) is 15.5 Å². The lowest BCUT2D eigenvalue weighted by atomic mass is 9.63. The molecule has 3 aromatic rings. The Labute approximate surface area is 294 Å². The molecule has 1 aromatic heterocycles. The van der Waals surface area contributed by atoms with Gasteiger partial charge in [-0.25, -0.2) is 0 Å². The fourth-order valence-electron chi connectivity index (χ4n) is 8.37. The number of carbonyl (C=O) groups is 3. The van der Waals surface area contributed by atoms with Gasteiger partial charge in [0.05, 0.1) is 10.8 Å². The number of benzene rings is 2. The van der Waals surface area contributed by atoms with Crippen LogP contribution in [0.1, 0.15) is 119 Å². The molecular formula is C40H50ClN3O5. The molecule has 0 unspecified atom stereocenters. The van der Waals surface area contributed by atoms with Crippen molar-refractivity contribution in [2.45, 2.75) is 115 Å². The predicted molar refractivity (Wildman–Crippen MR) is 193 cm³/mol. The Morgan fingerprint density at radius 2 is 1.57 bits per heavy atom. The highest BCUT2D eigenvalue weighted by molar-refractivity contribution is 6.30. The predicted octanol–water partition coefficient (Wildman–Crippen LogP) is 7.55. The van der Waals surface area contributed by atoms with Crippen LogP contribution in [0.5, 0.6) is 0 Å². The van der Waals surface area contributed by atoms with Crippen molar-refractivity contribution in [1.29, 1.82) is 0 Å². The number of piperidine rings is 1. The van der Waals surface area contributed by atoms with Crippen molar-refractivity contribution < 1.29 is 18.8 Å². The maximum Gasteiger partial charge on any atom is 0.287 e. The molecule has 3 fully saturated rings. The number of hydrogen-bond acceptors (Lipinski definition) is 5. The third-order valence-corrected chi connectivity index (χ3v) is 11.3. The minimum absolute atomic E-state index is 0.0895. The van der Waals surface area contributed by atoms with Crippen molar-refractivity contribution >= 4 is 40.3 Å². The van der Waals surface area contributed by atoms with Gasteiger partial charge in [0.2, 0.25) is 11.8 Å². The molecular weight excluding hydrogens is 638 g/mol. The first kappa shape index (κ1) is 35.2. The molecule has 1 atom stereocenters. The van der Waals surface area contributed by atoms with Gasteiger partial charge in [0, 0.05) is 36.1 Å². The lowest BCUT2D eigenvalue weighted by Gasteiger charge is -2.48. The average molecular weight is 688 g/mol. The molecule has 2 aliphatic carbocycles. The van der Waals surface area contributed by atoms with Gasteiger partial charge in [0.1, 0.15) is 11.6 Å². The molecule has 2 heterocycles. The SMILES string of the molecule is CC(C)(C)NC(=O)C1(C2CCCCC2)CCN(C(=O)[C@@H](Cc2ccc(Cl)cc2)NC(=O)c2cc(=O)c3cc(C4CCCC4)ccc3o2)CC1. The molecule has 2 aromatic carbocycles. The first-order chi connectivity index (χ1) is 23.4. The molecule has 49 heavy (non-hydrogen) atoms. The van der Waals surface area contributed by atoms with E-state index in [1.54, 1.807) is 23.1 Å². The maximum absolute atomic E-state index is 14.3. The number of nitrogens with zero attached hydrogens (tertiary/aromatic N) is 1. The Hall–Kier alpha value is -3.65. The van der Waals surface area contributed by atoms with Gasteiger partial charge in [-0.3, -0.25) is 19.2 Å². The van der Waals surface area contributed by atoms with E-state index in [1.165, 1.54) is 25.3 Å². The Bertz CT molecular complexity index is 1720. The fourth-order valence-corrected chi connectivity index (χ4v) is 8.50. The summed E-state index contributed by atoms with van der Waals surface area (Å²) in [5.74, 6) is -0.150. The van der Waals surface area contributed by atoms with Gasteiger partial charge >= 0.3 is 0 Å². The molecule has 8 nitrogen and oxygen atoms in total. The third-order valence-electron chi connectivity index (χ3n) is 11.1. The van der Waals surface area contributed by atoms with Gasteiger partial charge in [-0.1, -0.05) is 61.9 Å². The normalized spacial score (nSPS) is 19.5. The largest absolute Gasteiger partial charge is 0.451 e. The summed E-state index contributed by atoms with van der Waals surface area (Å²) in [6, 6.07) is 13.2. The number of halogens is 1. The molecule has 2 N–H and O–H groups in total. The van der Waals surface area contributed by atoms with Crippen LogP contribution >= 0.6 is 11.6 Å². The quantitative estimate of drug-likeness (QED) is 0.254. The van der Waals surface area contributed by atoms with Gasteiger partial charge in [-0.05, 0) is 107 Å². The zero-order chi connectivity index (χ0) is 34.8. The highest BCUT2D eigenvalue weighted by Gasteiger charge is 2.49. The van der Waals surface area contributed by atoms with Gasteiger partial charge in [-0.2, -0.15) is 0 Å². The van der Waals surface area contributed by atoms with E-state index < -0.39 is 17.4 Å². The monoisotopic (exact) mass is 687 g/mol. The molecule has 0 spiro atoms. The number of hydrogen-bond donors (Lipinski definition) is 2. The van der Waals surface area contributed by atoms with E-state index in [-0.39, 0.29) is 40.9 Å². The minimum atomic E-state index is -0.912. The van der Waals surface area contributed by atoms with E-state index in [1.807, 2.05) is 45.0 Å². The van der Waals surface area contributed by atoms with Crippen molar-refractivity contribution in [3.05, 3.63) is 80.7 Å². The lowest BCUT2D eigenvalue weighted by Crippen LogP contribution is -2.59. The topological polar surface area (TPSA) is 109 Å². The van der Waals surface area contributed by atoms with E-state index in [0.29, 0.717) is 47.8 Å². The highest BCUT2D eigenvalue weighted by Crippen LogP contribution is 2.46. The van der Waals surface area contributed by atoms with Gasteiger partial charge < -0.3 is 20.0 Å². The minimum Gasteiger partial charge on any atom is -0.451 e. The van der Waals surface area contributed by atoms with Crippen LogP contribution in [0.3, 0.4) is 0 Å². The van der Waals surface area contributed by atoms with Crippen LogP contribution < -0.4 is 16.1 Å². The number of amides is 3. The molecule has 2 saturated carbocycles. The summed E-state index contributed by atoms with van der Waals surface area (Å²) in [5, 5.41) is 7.20. The second-order valence-electron chi connectivity index (χ2n) is 15.6. The van der Waals surface area contributed by atoms with Crippen LogP contribution in [0.2, 0.25) is 5.02 Å². The second kappa shape index (κ2) is 14.7. The molecule has 3 aliphatic rings. The molecule has 0 bridgehead atoms. The summed E-state index contributed by atoms with van der Waals surface area (Å²) in [5.41, 5.74) is 1.16. The van der Waals surface area contributed by atoms with Crippen LogP contribution in [0, 0.1) is 11.3 Å². The molecule has 9 heteroatoms. The molecule has 1 aliphatic heterocycles. The van der Waals surface area contributed by atoms with E-state index in [0.717, 1.165) is 49.7 Å². The van der Waals surface area contributed by atoms with Crippen molar-refractivity contribution in [2.24, 2.45) is 11.3 Å². The molecule has 6 rings (SSSR count). The Balaban J connectivity index is 1.22. The standard InChI is InChI=1S/C40H50ClN3O5/c1-39(2,3)43-38(48)40(29-11-5-4-6-12-29)19-21-44(22-20-40)37(47)32(23-26-13-16-30(41)17-14-26)42-36(46)35-25-33(45)31-24-28(15-18-34(31)49-35)27-9-7-8-10-27/h13-18,24-25,27,29,32H,4-12,19-23H2,1-3H3,(H,42,46)(H,43,48)/t32-/m1/s1. The van der Waals surface area contributed by atoms with Crippen molar-refractivity contribution in [3.8, 4) is 0 Å². The first-order valence-electron chi connectivity index (χ1n) is 18.2. The number of nitrogens with one attached hydrogen (secondary N) is 2. The smallest absolute Gasteiger partial charge is 0.287 e. The lowest BCUT2D eigenvalue weighted by molar-refractivity contribution is -0.147. The highest BCUT2D eigenvalue weighted by atomic mass is 35.5. The summed E-state index contributed by atoms with van der Waals surface area (Å²) in [6.07, 6.45) is 11.5. The summed E-state index contributed by atoms with van der Waals surface area (Å²) < 4.78 is 5.98. The molecule has 1 saturated heterocycles. The van der Waals surface area contributed by atoms with Gasteiger partial charge in [0.15, 0.2) is 11.2 Å². The zero-order valence-corrected chi connectivity index (χ0v) is 29.9. The Morgan fingerprint density at radius 3 is 2.22 bits per heavy atom. The van der Waals surface area contributed by atoms with E-state index in [9.17, 15) is 19.2 Å². The zero-order valence-electron chi connectivity index (χ0n) is 29.1. The van der Waals surface area contributed by atoms with Crippen LogP contribution in [0.4, 0.5) is 0 Å². The second-order valence-corrected chi connectivity index (χ2v) is 16.0. The van der Waals surface area contributed by atoms with Crippen LogP contribution in [-0.4, -0.2) is 47.3 Å². The molecule has 262 valence electrons. The van der Waals surface area contributed by atoms with E-state index in [2.05, 4.69) is 10.6 Å². The van der Waals surface area contributed by atoms with E-state index >= 15 is 0 Å². The van der Waals surface area contributed by atoms with Crippen molar-refractivity contribution in [2.75, 3.05) is 13.1 Å². The first-order valence-corrected chi connectivity index (χ1v) is 18.5. The average Bonchev–Trinajstić information content (AvgIpc) is 3.63. The van der Waals surface area contributed by atoms with Crippen LogP contribution in [-0.2, 0) is 16.0 Å². The van der Waals surface area contributed by atoms with Gasteiger partial charge in [-0.15, -0.1) is 0 Å².